The van der Waals surface area contributed by atoms with E-state index in [-0.39, 0.29) is 0 Å². The van der Waals surface area contributed by atoms with Crippen molar-refractivity contribution in [1.29, 1.82) is 0 Å². The molecule has 0 fully saturated rings. The van der Waals surface area contributed by atoms with Crippen LogP contribution in [0.2, 0.25) is 0 Å². The number of ether oxygens (including phenoxy) is 1. The van der Waals surface area contributed by atoms with Crippen molar-refractivity contribution in [2.24, 2.45) is 5.73 Å². The smallest absolute Gasteiger partial charge is 0.258 e. The molecule has 1 atom stereocenters. The van der Waals surface area contributed by atoms with E-state index in [2.05, 4.69) is 0 Å². The van der Waals surface area contributed by atoms with Gasteiger partial charge in [-0.15, -0.1) is 0 Å². The van der Waals surface area contributed by atoms with Crippen LogP contribution in [0.3, 0.4) is 0 Å². The number of rotatable bonds is 3. The van der Waals surface area contributed by atoms with Crippen molar-refractivity contribution in [3.05, 3.63) is 29.3 Å². The van der Waals surface area contributed by atoms with E-state index < -0.39 is 12.0 Å². The molecule has 0 saturated carbocycles. The SMILES string of the molecule is Cc1cc(C)cc(O[C@H](C)C(N)=O)c1. The van der Waals surface area contributed by atoms with Gasteiger partial charge < -0.3 is 10.5 Å². The van der Waals surface area contributed by atoms with Gasteiger partial charge in [-0.05, 0) is 44.0 Å². The molecule has 0 spiro atoms. The van der Waals surface area contributed by atoms with Gasteiger partial charge in [-0.1, -0.05) is 6.07 Å². The normalized spacial score (nSPS) is 12.2. The highest BCUT2D eigenvalue weighted by Crippen LogP contribution is 2.17. The topological polar surface area (TPSA) is 52.3 Å². The molecule has 0 aliphatic heterocycles. The van der Waals surface area contributed by atoms with Crippen LogP contribution in [-0.2, 0) is 4.79 Å². The Kier molecular flexibility index (Phi) is 3.12. The van der Waals surface area contributed by atoms with Gasteiger partial charge >= 0.3 is 0 Å². The molecular formula is C11H15NO2. The summed E-state index contributed by atoms with van der Waals surface area (Å²) in [6.45, 7) is 5.60. The van der Waals surface area contributed by atoms with E-state index in [1.807, 2.05) is 32.0 Å². The molecule has 0 aliphatic rings. The van der Waals surface area contributed by atoms with Gasteiger partial charge in [0, 0.05) is 0 Å². The molecule has 0 bridgehead atoms. The lowest BCUT2D eigenvalue weighted by atomic mass is 10.1. The number of aryl methyl sites for hydroxylation is 2. The molecule has 14 heavy (non-hydrogen) atoms. The molecule has 1 aromatic rings. The number of carbonyl (C=O) groups excluding carboxylic acids is 1. The zero-order chi connectivity index (χ0) is 10.7. The Morgan fingerprint density at radius 2 is 1.79 bits per heavy atom. The van der Waals surface area contributed by atoms with E-state index in [1.165, 1.54) is 0 Å². The Morgan fingerprint density at radius 3 is 2.21 bits per heavy atom. The third kappa shape index (κ3) is 2.76. The van der Waals surface area contributed by atoms with E-state index in [9.17, 15) is 4.79 Å². The van der Waals surface area contributed by atoms with Crippen molar-refractivity contribution in [3.63, 3.8) is 0 Å². The molecule has 3 nitrogen and oxygen atoms in total. The van der Waals surface area contributed by atoms with Crippen LogP contribution in [0.15, 0.2) is 18.2 Å². The summed E-state index contributed by atoms with van der Waals surface area (Å²) >= 11 is 0. The van der Waals surface area contributed by atoms with Gasteiger partial charge in [0.15, 0.2) is 6.10 Å². The van der Waals surface area contributed by atoms with Gasteiger partial charge in [0.25, 0.3) is 5.91 Å². The first kappa shape index (κ1) is 10.6. The minimum Gasteiger partial charge on any atom is -0.481 e. The van der Waals surface area contributed by atoms with Crippen molar-refractivity contribution < 1.29 is 9.53 Å². The Labute approximate surface area is 83.9 Å². The van der Waals surface area contributed by atoms with Crippen LogP contribution < -0.4 is 10.5 Å². The van der Waals surface area contributed by atoms with E-state index in [0.717, 1.165) is 11.1 Å². The number of hydrogen-bond donors (Lipinski definition) is 1. The van der Waals surface area contributed by atoms with Gasteiger partial charge in [-0.25, -0.2) is 0 Å². The summed E-state index contributed by atoms with van der Waals surface area (Å²) in [4.78, 5) is 10.8. The Balaban J connectivity index is 2.81. The van der Waals surface area contributed by atoms with Gasteiger partial charge in [0.2, 0.25) is 0 Å². The molecular weight excluding hydrogens is 178 g/mol. The molecule has 0 heterocycles. The molecule has 0 aromatic heterocycles. The Morgan fingerprint density at radius 1 is 1.29 bits per heavy atom. The standard InChI is InChI=1S/C11H15NO2/c1-7-4-8(2)6-10(5-7)14-9(3)11(12)13/h4-6,9H,1-3H3,(H2,12,13)/t9-/m1/s1. The zero-order valence-corrected chi connectivity index (χ0v) is 8.70. The molecule has 0 aliphatic carbocycles. The van der Waals surface area contributed by atoms with Crippen LogP contribution in [0.5, 0.6) is 5.75 Å². The molecule has 1 aromatic carbocycles. The maximum Gasteiger partial charge on any atom is 0.258 e. The Bertz CT molecular complexity index is 327. The minimum absolute atomic E-state index is 0.454. The van der Waals surface area contributed by atoms with Crippen LogP contribution in [-0.4, -0.2) is 12.0 Å². The summed E-state index contributed by atoms with van der Waals surface area (Å²) in [5, 5.41) is 0. The number of hydrogen-bond acceptors (Lipinski definition) is 2. The van der Waals surface area contributed by atoms with Gasteiger partial charge in [0.1, 0.15) is 5.75 Å². The summed E-state index contributed by atoms with van der Waals surface area (Å²) < 4.78 is 5.36. The highest BCUT2D eigenvalue weighted by molar-refractivity contribution is 5.78. The second-order valence-corrected chi connectivity index (χ2v) is 3.49. The fraction of sp³-hybridized carbons (Fsp3) is 0.364. The molecule has 3 heteroatoms. The lowest BCUT2D eigenvalue weighted by Crippen LogP contribution is -2.30. The number of nitrogens with two attached hydrogens (primary N) is 1. The third-order valence-electron chi connectivity index (χ3n) is 1.91. The predicted octanol–water partition coefficient (Wildman–Crippen LogP) is 1.56. The molecule has 0 unspecified atom stereocenters. The summed E-state index contributed by atoms with van der Waals surface area (Å²) in [6, 6.07) is 5.81. The van der Waals surface area contributed by atoms with Crippen molar-refractivity contribution in [3.8, 4) is 5.75 Å². The average molecular weight is 193 g/mol. The second-order valence-electron chi connectivity index (χ2n) is 3.49. The van der Waals surface area contributed by atoms with Crippen LogP contribution in [0, 0.1) is 13.8 Å². The zero-order valence-electron chi connectivity index (χ0n) is 8.70. The van der Waals surface area contributed by atoms with Crippen molar-refractivity contribution in [2.75, 3.05) is 0 Å². The number of primary amides is 1. The highest BCUT2D eigenvalue weighted by atomic mass is 16.5. The fourth-order valence-corrected chi connectivity index (χ4v) is 1.26. The second kappa shape index (κ2) is 4.13. The van der Waals surface area contributed by atoms with E-state index in [4.69, 9.17) is 10.5 Å². The van der Waals surface area contributed by atoms with Gasteiger partial charge in [0.05, 0.1) is 0 Å². The highest BCUT2D eigenvalue weighted by Gasteiger charge is 2.10. The van der Waals surface area contributed by atoms with Gasteiger partial charge in [-0.3, -0.25) is 4.79 Å². The fourth-order valence-electron chi connectivity index (χ4n) is 1.26. The first-order valence-corrected chi connectivity index (χ1v) is 4.53. The molecule has 1 amide bonds. The summed E-state index contributed by atoms with van der Waals surface area (Å²) in [6.07, 6.45) is -0.587. The first-order chi connectivity index (χ1) is 6.49. The quantitative estimate of drug-likeness (QED) is 0.792. The van der Waals surface area contributed by atoms with Gasteiger partial charge in [-0.2, -0.15) is 0 Å². The summed E-state index contributed by atoms with van der Waals surface area (Å²) in [7, 11) is 0. The number of carbonyl (C=O) groups is 1. The first-order valence-electron chi connectivity index (χ1n) is 4.53. The average Bonchev–Trinajstić information content (AvgIpc) is 2.01. The van der Waals surface area contributed by atoms with E-state index in [1.54, 1.807) is 6.92 Å². The van der Waals surface area contributed by atoms with Crippen LogP contribution in [0.1, 0.15) is 18.1 Å². The van der Waals surface area contributed by atoms with Crippen LogP contribution in [0.25, 0.3) is 0 Å². The summed E-state index contributed by atoms with van der Waals surface area (Å²) in [5.41, 5.74) is 7.31. The maximum absolute atomic E-state index is 10.8. The number of amides is 1. The molecule has 1 rings (SSSR count). The minimum atomic E-state index is -0.587. The Hall–Kier alpha value is -1.51. The van der Waals surface area contributed by atoms with Crippen LogP contribution in [0.4, 0.5) is 0 Å². The van der Waals surface area contributed by atoms with E-state index >= 15 is 0 Å². The lowest BCUT2D eigenvalue weighted by molar-refractivity contribution is -0.123. The molecule has 0 radical (unpaired) electrons. The van der Waals surface area contributed by atoms with Crippen molar-refractivity contribution >= 4 is 5.91 Å². The maximum atomic E-state index is 10.8. The van der Waals surface area contributed by atoms with Crippen molar-refractivity contribution in [2.45, 2.75) is 26.9 Å². The molecule has 2 N–H and O–H groups in total. The lowest BCUT2D eigenvalue weighted by Gasteiger charge is -2.12. The summed E-state index contributed by atoms with van der Waals surface area (Å²) in [5.74, 6) is 0.234. The predicted molar refractivity (Wildman–Crippen MR) is 55.2 cm³/mol. The third-order valence-corrected chi connectivity index (χ3v) is 1.91. The number of benzene rings is 1. The molecule has 0 saturated heterocycles. The van der Waals surface area contributed by atoms with Crippen molar-refractivity contribution in [1.82, 2.24) is 0 Å². The largest absolute Gasteiger partial charge is 0.481 e. The van der Waals surface area contributed by atoms with Crippen LogP contribution >= 0.6 is 0 Å². The molecule has 76 valence electrons. The van der Waals surface area contributed by atoms with E-state index in [0.29, 0.717) is 5.75 Å². The monoisotopic (exact) mass is 193 g/mol.